The standard InChI is InChI=1S/C17H20FNO5S/c1-12(17(21)19(2)14-9-10-25(22,23)11-14)24-16(20)8-7-13-5-3-4-6-15(13)18/h3-8,12,14H,9-11H2,1-2H3/b8-7+/t12-,14+/m0/s1. The first-order valence-electron chi connectivity index (χ1n) is 7.80. The molecular weight excluding hydrogens is 349 g/mol. The topological polar surface area (TPSA) is 80.8 Å². The summed E-state index contributed by atoms with van der Waals surface area (Å²) >= 11 is 0. The average Bonchev–Trinajstić information content (AvgIpc) is 2.92. The van der Waals surface area contributed by atoms with E-state index in [2.05, 4.69) is 0 Å². The molecule has 6 nitrogen and oxygen atoms in total. The predicted molar refractivity (Wildman–Crippen MR) is 90.8 cm³/mol. The van der Waals surface area contributed by atoms with Crippen LogP contribution in [0.5, 0.6) is 0 Å². The fourth-order valence-electron chi connectivity index (χ4n) is 2.58. The highest BCUT2D eigenvalue weighted by Crippen LogP contribution is 2.17. The second-order valence-corrected chi connectivity index (χ2v) is 8.17. The third kappa shape index (κ3) is 5.12. The van der Waals surface area contributed by atoms with Crippen LogP contribution in [0.15, 0.2) is 30.3 Å². The summed E-state index contributed by atoms with van der Waals surface area (Å²) < 4.78 is 41.5. The Morgan fingerprint density at radius 1 is 1.36 bits per heavy atom. The molecule has 0 N–H and O–H groups in total. The molecule has 0 unspecified atom stereocenters. The number of hydrogen-bond acceptors (Lipinski definition) is 5. The molecule has 2 atom stereocenters. The van der Waals surface area contributed by atoms with Crippen LogP contribution in [0.1, 0.15) is 18.9 Å². The van der Waals surface area contributed by atoms with E-state index in [9.17, 15) is 22.4 Å². The van der Waals surface area contributed by atoms with E-state index in [1.165, 1.54) is 43.1 Å². The zero-order valence-electron chi connectivity index (χ0n) is 14.0. The Balaban J connectivity index is 1.92. The predicted octanol–water partition coefficient (Wildman–Crippen LogP) is 1.42. The molecule has 1 aliphatic rings. The molecule has 136 valence electrons. The van der Waals surface area contributed by atoms with Crippen LogP contribution in [0.2, 0.25) is 0 Å². The summed E-state index contributed by atoms with van der Waals surface area (Å²) in [4.78, 5) is 25.4. The second-order valence-electron chi connectivity index (χ2n) is 5.94. The summed E-state index contributed by atoms with van der Waals surface area (Å²) in [5.74, 6) is -1.76. The molecule has 2 rings (SSSR count). The van der Waals surface area contributed by atoms with Gasteiger partial charge in [0.25, 0.3) is 5.91 Å². The lowest BCUT2D eigenvalue weighted by atomic mass is 10.2. The molecule has 25 heavy (non-hydrogen) atoms. The number of amides is 1. The fourth-order valence-corrected chi connectivity index (χ4v) is 4.35. The summed E-state index contributed by atoms with van der Waals surface area (Å²) in [6.45, 7) is 1.41. The van der Waals surface area contributed by atoms with Crippen molar-refractivity contribution in [3.8, 4) is 0 Å². The highest BCUT2D eigenvalue weighted by atomic mass is 32.2. The number of carbonyl (C=O) groups excluding carboxylic acids is 2. The van der Waals surface area contributed by atoms with Crippen molar-refractivity contribution >= 4 is 27.8 Å². The summed E-state index contributed by atoms with van der Waals surface area (Å²) in [6.07, 6.45) is 1.62. The van der Waals surface area contributed by atoms with E-state index in [-0.39, 0.29) is 17.1 Å². The quantitative estimate of drug-likeness (QED) is 0.579. The van der Waals surface area contributed by atoms with Gasteiger partial charge in [0, 0.05) is 24.7 Å². The number of ether oxygens (including phenoxy) is 1. The minimum atomic E-state index is -3.11. The summed E-state index contributed by atoms with van der Waals surface area (Å²) in [6, 6.07) is 5.52. The average molecular weight is 369 g/mol. The van der Waals surface area contributed by atoms with E-state index in [0.29, 0.717) is 6.42 Å². The molecule has 1 aliphatic heterocycles. The molecule has 0 aromatic heterocycles. The summed E-state index contributed by atoms with van der Waals surface area (Å²) in [7, 11) is -1.62. The maximum atomic E-state index is 13.5. The number of benzene rings is 1. The Bertz CT molecular complexity index is 790. The molecule has 8 heteroatoms. The number of hydrogen-bond donors (Lipinski definition) is 0. The van der Waals surface area contributed by atoms with Crippen molar-refractivity contribution in [1.29, 1.82) is 0 Å². The number of nitrogens with zero attached hydrogens (tertiary/aromatic N) is 1. The Labute approximate surface area is 146 Å². The normalized spacial score (nSPS) is 20.4. The van der Waals surface area contributed by atoms with Gasteiger partial charge in [0.2, 0.25) is 0 Å². The number of likely N-dealkylation sites (N-methyl/N-ethyl adjacent to an activating group) is 1. The van der Waals surface area contributed by atoms with Gasteiger partial charge in [0.15, 0.2) is 15.9 Å². The molecule has 1 amide bonds. The van der Waals surface area contributed by atoms with Crippen molar-refractivity contribution in [2.75, 3.05) is 18.6 Å². The van der Waals surface area contributed by atoms with Crippen LogP contribution in [-0.2, 0) is 24.2 Å². The van der Waals surface area contributed by atoms with Crippen molar-refractivity contribution in [2.24, 2.45) is 0 Å². The van der Waals surface area contributed by atoms with Crippen LogP contribution in [0, 0.1) is 5.82 Å². The van der Waals surface area contributed by atoms with Crippen molar-refractivity contribution < 1.29 is 27.1 Å². The molecule has 1 saturated heterocycles. The number of sulfone groups is 1. The number of carbonyl (C=O) groups is 2. The highest BCUT2D eigenvalue weighted by Gasteiger charge is 2.34. The Morgan fingerprint density at radius 2 is 2.04 bits per heavy atom. The zero-order valence-corrected chi connectivity index (χ0v) is 14.8. The Morgan fingerprint density at radius 3 is 2.64 bits per heavy atom. The first-order valence-corrected chi connectivity index (χ1v) is 9.62. The first kappa shape index (κ1) is 19.1. The third-order valence-corrected chi connectivity index (χ3v) is 5.80. The van der Waals surface area contributed by atoms with Crippen molar-refractivity contribution in [3.05, 3.63) is 41.7 Å². The molecule has 0 spiro atoms. The molecule has 0 radical (unpaired) electrons. The monoisotopic (exact) mass is 369 g/mol. The zero-order chi connectivity index (χ0) is 18.6. The van der Waals surface area contributed by atoms with Crippen LogP contribution >= 0.6 is 0 Å². The maximum absolute atomic E-state index is 13.5. The van der Waals surface area contributed by atoms with Crippen molar-refractivity contribution in [3.63, 3.8) is 0 Å². The summed E-state index contributed by atoms with van der Waals surface area (Å²) in [5.41, 5.74) is 0.228. The summed E-state index contributed by atoms with van der Waals surface area (Å²) in [5, 5.41) is 0. The van der Waals surface area contributed by atoms with Crippen LogP contribution in [0.3, 0.4) is 0 Å². The van der Waals surface area contributed by atoms with Crippen molar-refractivity contribution in [1.82, 2.24) is 4.90 Å². The molecule has 0 aliphatic carbocycles. The number of rotatable bonds is 5. The van der Waals surface area contributed by atoms with Gasteiger partial charge in [-0.1, -0.05) is 18.2 Å². The van der Waals surface area contributed by atoms with Gasteiger partial charge in [0.1, 0.15) is 5.82 Å². The Hall–Kier alpha value is -2.22. The largest absolute Gasteiger partial charge is 0.449 e. The molecule has 1 aromatic carbocycles. The minimum Gasteiger partial charge on any atom is -0.449 e. The molecular formula is C17H20FNO5S. The van der Waals surface area contributed by atoms with Gasteiger partial charge in [0.05, 0.1) is 11.5 Å². The van der Waals surface area contributed by atoms with Gasteiger partial charge in [-0.3, -0.25) is 4.79 Å². The lowest BCUT2D eigenvalue weighted by molar-refractivity contribution is -0.155. The van der Waals surface area contributed by atoms with E-state index in [4.69, 9.17) is 4.74 Å². The Kier molecular flexibility index (Phi) is 5.94. The van der Waals surface area contributed by atoms with Crippen LogP contribution in [0.25, 0.3) is 6.08 Å². The molecule has 0 saturated carbocycles. The molecule has 0 bridgehead atoms. The molecule has 1 fully saturated rings. The number of halogens is 1. The van der Waals surface area contributed by atoms with Gasteiger partial charge >= 0.3 is 5.97 Å². The van der Waals surface area contributed by atoms with Gasteiger partial charge in [-0.05, 0) is 25.5 Å². The lowest BCUT2D eigenvalue weighted by Crippen LogP contribution is -2.44. The molecule has 1 aromatic rings. The van der Waals surface area contributed by atoms with E-state index in [0.717, 1.165) is 6.08 Å². The van der Waals surface area contributed by atoms with Crippen LogP contribution < -0.4 is 0 Å². The number of esters is 1. The van der Waals surface area contributed by atoms with Gasteiger partial charge in [-0.2, -0.15) is 0 Å². The van der Waals surface area contributed by atoms with Crippen LogP contribution in [-0.4, -0.2) is 55.9 Å². The highest BCUT2D eigenvalue weighted by molar-refractivity contribution is 7.91. The van der Waals surface area contributed by atoms with E-state index in [1.807, 2.05) is 0 Å². The van der Waals surface area contributed by atoms with E-state index in [1.54, 1.807) is 6.07 Å². The van der Waals surface area contributed by atoms with Gasteiger partial charge in [-0.15, -0.1) is 0 Å². The maximum Gasteiger partial charge on any atom is 0.331 e. The van der Waals surface area contributed by atoms with Crippen molar-refractivity contribution in [2.45, 2.75) is 25.5 Å². The van der Waals surface area contributed by atoms with Gasteiger partial charge < -0.3 is 9.64 Å². The van der Waals surface area contributed by atoms with E-state index >= 15 is 0 Å². The molecule has 1 heterocycles. The smallest absolute Gasteiger partial charge is 0.331 e. The van der Waals surface area contributed by atoms with Gasteiger partial charge in [-0.25, -0.2) is 17.6 Å². The lowest BCUT2D eigenvalue weighted by Gasteiger charge is -2.26. The van der Waals surface area contributed by atoms with Crippen LogP contribution in [0.4, 0.5) is 4.39 Å². The fraction of sp³-hybridized carbons (Fsp3) is 0.412. The van der Waals surface area contributed by atoms with E-state index < -0.39 is 39.7 Å². The minimum absolute atomic E-state index is 0.0504. The second kappa shape index (κ2) is 7.77. The third-order valence-electron chi connectivity index (χ3n) is 4.05. The first-order chi connectivity index (χ1) is 11.7. The SMILES string of the molecule is C[C@H](OC(=O)/C=C/c1ccccc1F)C(=O)N(C)[C@@H]1CCS(=O)(=O)C1.